The quantitative estimate of drug-likeness (QED) is 0.192. The van der Waals surface area contributed by atoms with Crippen LogP contribution < -0.4 is 10.3 Å². The number of aromatic nitrogens is 5. The van der Waals surface area contributed by atoms with Gasteiger partial charge in [-0.3, -0.25) is 14.6 Å². The third-order valence-corrected chi connectivity index (χ3v) is 6.69. The average molecular weight is 512 g/mol. The van der Waals surface area contributed by atoms with Crippen molar-refractivity contribution in [3.05, 3.63) is 94.4 Å². The number of carbonyl (C=O) groups excluding carboxylic acids is 1. The Hall–Kier alpha value is -4.53. The van der Waals surface area contributed by atoms with E-state index in [9.17, 15) is 9.59 Å². The summed E-state index contributed by atoms with van der Waals surface area (Å²) in [5.74, 6) is 1.07. The molecule has 1 aromatic carbocycles. The summed E-state index contributed by atoms with van der Waals surface area (Å²) in [5, 5.41) is 4.84. The summed E-state index contributed by atoms with van der Waals surface area (Å²) in [7, 11) is 1.59. The van der Waals surface area contributed by atoms with Crippen LogP contribution in [-0.4, -0.2) is 37.2 Å². The molecule has 0 fully saturated rings. The first-order valence-corrected chi connectivity index (χ1v) is 12.5. The topological polar surface area (TPSA) is 105 Å². The predicted molar refractivity (Wildman–Crippen MR) is 143 cm³/mol. The Labute approximate surface area is 219 Å². The molecule has 0 unspecified atom stereocenters. The van der Waals surface area contributed by atoms with Crippen molar-refractivity contribution in [1.82, 2.24) is 24.3 Å². The fourth-order valence-electron chi connectivity index (χ4n) is 4.78. The van der Waals surface area contributed by atoms with Crippen LogP contribution >= 0.6 is 0 Å². The number of rotatable bonds is 10. The van der Waals surface area contributed by atoms with Gasteiger partial charge in [-0.2, -0.15) is 0 Å². The van der Waals surface area contributed by atoms with Crippen molar-refractivity contribution in [2.75, 3.05) is 7.11 Å². The van der Waals surface area contributed by atoms with Crippen molar-refractivity contribution in [3.63, 3.8) is 0 Å². The highest BCUT2D eigenvalue weighted by molar-refractivity contribution is 6.00. The van der Waals surface area contributed by atoms with Crippen LogP contribution in [0.1, 0.15) is 46.8 Å². The molecular formula is C29H29N5O4. The summed E-state index contributed by atoms with van der Waals surface area (Å²) in [6, 6.07) is 11.0. The van der Waals surface area contributed by atoms with E-state index in [1.807, 2.05) is 54.9 Å². The molecule has 5 rings (SSSR count). The Kier molecular flexibility index (Phi) is 7.17. The van der Waals surface area contributed by atoms with Crippen LogP contribution in [0.15, 0.2) is 70.6 Å². The van der Waals surface area contributed by atoms with E-state index in [0.717, 1.165) is 40.9 Å². The molecule has 0 atom stereocenters. The number of ether oxygens (including phenoxy) is 1. The average Bonchev–Trinajstić information content (AvgIpc) is 3.57. The molecule has 9 nitrogen and oxygen atoms in total. The number of unbranched alkanes of at least 4 members (excludes halogenated alkanes) is 1. The Morgan fingerprint density at radius 2 is 1.97 bits per heavy atom. The molecule has 0 saturated carbocycles. The van der Waals surface area contributed by atoms with Gasteiger partial charge in [-0.1, -0.05) is 11.2 Å². The number of hydrogen-bond acceptors (Lipinski definition) is 7. The van der Waals surface area contributed by atoms with Gasteiger partial charge in [-0.05, 0) is 51.0 Å². The highest BCUT2D eigenvalue weighted by Crippen LogP contribution is 2.37. The third-order valence-electron chi connectivity index (χ3n) is 6.69. The maximum atomic E-state index is 13.7. The van der Waals surface area contributed by atoms with E-state index < -0.39 is 0 Å². The molecule has 194 valence electrons. The molecule has 0 aliphatic rings. The van der Waals surface area contributed by atoms with E-state index in [4.69, 9.17) is 9.26 Å². The Morgan fingerprint density at radius 1 is 1.11 bits per heavy atom. The highest BCUT2D eigenvalue weighted by Gasteiger charge is 2.21. The van der Waals surface area contributed by atoms with Crippen LogP contribution in [0, 0.1) is 13.8 Å². The molecule has 0 aliphatic carbocycles. The van der Waals surface area contributed by atoms with Crippen molar-refractivity contribution < 1.29 is 14.1 Å². The zero-order chi connectivity index (χ0) is 26.6. The molecular weight excluding hydrogens is 482 g/mol. The van der Waals surface area contributed by atoms with Gasteiger partial charge in [-0.25, -0.2) is 4.98 Å². The van der Waals surface area contributed by atoms with Gasteiger partial charge in [0.05, 0.1) is 48.0 Å². The van der Waals surface area contributed by atoms with Gasteiger partial charge >= 0.3 is 0 Å². The van der Waals surface area contributed by atoms with E-state index in [0.29, 0.717) is 23.4 Å². The van der Waals surface area contributed by atoms with Crippen molar-refractivity contribution in [1.29, 1.82) is 0 Å². The zero-order valence-electron chi connectivity index (χ0n) is 21.7. The molecule has 0 bridgehead atoms. The van der Waals surface area contributed by atoms with Gasteiger partial charge in [0.15, 0.2) is 5.78 Å². The van der Waals surface area contributed by atoms with Crippen molar-refractivity contribution in [2.24, 2.45) is 0 Å². The summed E-state index contributed by atoms with van der Waals surface area (Å²) in [6.45, 7) is 4.72. The van der Waals surface area contributed by atoms with Crippen LogP contribution in [0.5, 0.6) is 5.75 Å². The lowest BCUT2D eigenvalue weighted by molar-refractivity contribution is 0.0977. The molecule has 4 aromatic heterocycles. The maximum absolute atomic E-state index is 13.7. The minimum Gasteiger partial charge on any atom is -0.496 e. The highest BCUT2D eigenvalue weighted by atomic mass is 16.5. The molecule has 38 heavy (non-hydrogen) atoms. The van der Waals surface area contributed by atoms with Gasteiger partial charge in [-0.15, -0.1) is 0 Å². The Balaban J connectivity index is 1.58. The molecule has 9 heteroatoms. The van der Waals surface area contributed by atoms with Crippen LogP contribution in [0.4, 0.5) is 0 Å². The van der Waals surface area contributed by atoms with E-state index >= 15 is 0 Å². The molecule has 0 spiro atoms. The van der Waals surface area contributed by atoms with Crippen molar-refractivity contribution >= 4 is 16.7 Å². The fourth-order valence-corrected chi connectivity index (χ4v) is 4.78. The minimum absolute atomic E-state index is 0.172. The zero-order valence-corrected chi connectivity index (χ0v) is 21.7. The number of methoxy groups -OCH3 is 1. The minimum atomic E-state index is -0.338. The second-order valence-electron chi connectivity index (χ2n) is 9.26. The number of Topliss-reactive ketones (excluding diaryl/α,β-unsaturated/α-hetero) is 1. The summed E-state index contributed by atoms with van der Waals surface area (Å²) < 4.78 is 14.7. The standard InChI is InChI=1S/C29H29N5O4/c1-19-28(20(2)38-32-19)24-15-21-14-23(26(35)9-5-7-12-33-13-11-30-18-33)29(36)34(25(21)16-27(24)37-3)17-22-8-4-6-10-31-22/h4,6,8,10-11,13-16,18H,5,7,9,12,17H2,1-3H3. The second-order valence-corrected chi connectivity index (χ2v) is 9.26. The maximum Gasteiger partial charge on any atom is 0.262 e. The molecule has 0 N–H and O–H groups in total. The van der Waals surface area contributed by atoms with Gasteiger partial charge in [0, 0.05) is 48.6 Å². The van der Waals surface area contributed by atoms with E-state index in [1.165, 1.54) is 0 Å². The van der Waals surface area contributed by atoms with Crippen LogP contribution in [-0.2, 0) is 13.1 Å². The number of benzene rings is 1. The number of hydrogen-bond donors (Lipinski definition) is 0. The largest absolute Gasteiger partial charge is 0.496 e. The van der Waals surface area contributed by atoms with Crippen molar-refractivity contribution in [3.8, 4) is 16.9 Å². The fraction of sp³-hybridized carbons (Fsp3) is 0.276. The van der Waals surface area contributed by atoms with E-state index in [1.54, 1.807) is 36.5 Å². The summed E-state index contributed by atoms with van der Waals surface area (Å²) in [4.78, 5) is 35.5. The number of carbonyl (C=O) groups is 1. The van der Waals surface area contributed by atoms with Gasteiger partial charge in [0.2, 0.25) is 0 Å². The lowest BCUT2D eigenvalue weighted by Crippen LogP contribution is -2.27. The van der Waals surface area contributed by atoms with Gasteiger partial charge in [0.25, 0.3) is 5.56 Å². The van der Waals surface area contributed by atoms with Gasteiger partial charge in [0.1, 0.15) is 11.5 Å². The third kappa shape index (κ3) is 5.00. The smallest absolute Gasteiger partial charge is 0.262 e. The normalized spacial score (nSPS) is 11.2. The molecule has 0 amide bonds. The number of aryl methyl sites for hydroxylation is 3. The number of fused-ring (bicyclic) bond motifs is 1. The van der Waals surface area contributed by atoms with Crippen LogP contribution in [0.2, 0.25) is 0 Å². The number of ketones is 1. The van der Waals surface area contributed by atoms with Crippen LogP contribution in [0.25, 0.3) is 22.0 Å². The first-order valence-electron chi connectivity index (χ1n) is 12.5. The number of pyridine rings is 2. The van der Waals surface area contributed by atoms with E-state index in [-0.39, 0.29) is 29.9 Å². The first-order chi connectivity index (χ1) is 18.5. The van der Waals surface area contributed by atoms with Crippen LogP contribution in [0.3, 0.4) is 0 Å². The van der Waals surface area contributed by atoms with Crippen molar-refractivity contribution in [2.45, 2.75) is 46.2 Å². The monoisotopic (exact) mass is 511 g/mol. The van der Waals surface area contributed by atoms with E-state index in [2.05, 4.69) is 15.1 Å². The molecule has 0 radical (unpaired) electrons. The lowest BCUT2D eigenvalue weighted by atomic mass is 9.98. The van der Waals surface area contributed by atoms with Gasteiger partial charge < -0.3 is 18.4 Å². The molecule has 0 aliphatic heterocycles. The number of imidazole rings is 1. The Morgan fingerprint density at radius 3 is 2.66 bits per heavy atom. The predicted octanol–water partition coefficient (Wildman–Crippen LogP) is 4.97. The lowest BCUT2D eigenvalue weighted by Gasteiger charge is -2.16. The molecule has 0 saturated heterocycles. The summed E-state index contributed by atoms with van der Waals surface area (Å²) in [6.07, 6.45) is 8.83. The first kappa shape index (κ1) is 25.1. The summed E-state index contributed by atoms with van der Waals surface area (Å²) >= 11 is 0. The SMILES string of the molecule is COc1cc2c(cc1-c1c(C)noc1C)cc(C(=O)CCCCn1ccnc1)c(=O)n2Cc1ccccn1. The molecule has 5 aromatic rings. The summed E-state index contributed by atoms with van der Waals surface area (Å²) in [5.41, 5.74) is 3.56. The number of nitrogens with zero attached hydrogens (tertiary/aromatic N) is 5. The second kappa shape index (κ2) is 10.8. The molecule has 4 heterocycles. The Bertz CT molecular complexity index is 1620.